The Bertz CT molecular complexity index is 562. The Balaban J connectivity index is 2.16. The van der Waals surface area contributed by atoms with Gasteiger partial charge in [-0.15, -0.1) is 0 Å². The van der Waals surface area contributed by atoms with Crippen LogP contribution in [0.2, 0.25) is 0 Å². The summed E-state index contributed by atoms with van der Waals surface area (Å²) in [7, 11) is 0. The summed E-state index contributed by atoms with van der Waals surface area (Å²) < 4.78 is 1.01. The predicted octanol–water partition coefficient (Wildman–Crippen LogP) is 4.62. The smallest absolute Gasteiger partial charge is 0.0629 e. The molecule has 0 unspecified atom stereocenters. The monoisotopic (exact) mass is 333 g/mol. The van der Waals surface area contributed by atoms with Crippen LogP contribution in [0.25, 0.3) is 0 Å². The molecule has 2 aromatic rings. The standard InChI is InChI=1S/C16H20BrN3/c1-3-20(4-2)14-8-6-13(7-9-14)19-16-11-12(17)5-10-15(16)18/h5-11,19H,3-4,18H2,1-2H3. The summed E-state index contributed by atoms with van der Waals surface area (Å²) in [5.41, 5.74) is 9.89. The first kappa shape index (κ1) is 14.7. The second-order valence-corrected chi connectivity index (χ2v) is 5.49. The van der Waals surface area contributed by atoms with Gasteiger partial charge in [0, 0.05) is 28.9 Å². The zero-order chi connectivity index (χ0) is 14.5. The van der Waals surface area contributed by atoms with Crippen LogP contribution in [0, 0.1) is 0 Å². The Morgan fingerprint density at radius 3 is 2.30 bits per heavy atom. The summed E-state index contributed by atoms with van der Waals surface area (Å²) in [5.74, 6) is 0. The van der Waals surface area contributed by atoms with Gasteiger partial charge < -0.3 is 16.0 Å². The van der Waals surface area contributed by atoms with E-state index in [1.165, 1.54) is 5.69 Å². The first-order valence-electron chi connectivity index (χ1n) is 6.81. The first-order chi connectivity index (χ1) is 9.63. The molecule has 3 N–H and O–H groups in total. The van der Waals surface area contributed by atoms with E-state index in [1.807, 2.05) is 18.2 Å². The maximum absolute atomic E-state index is 5.97. The molecule has 0 heterocycles. The number of nitrogens with one attached hydrogen (secondary N) is 1. The largest absolute Gasteiger partial charge is 0.397 e. The quantitative estimate of drug-likeness (QED) is 0.784. The minimum Gasteiger partial charge on any atom is -0.397 e. The van der Waals surface area contributed by atoms with Crippen molar-refractivity contribution in [3.05, 3.63) is 46.9 Å². The van der Waals surface area contributed by atoms with Crippen molar-refractivity contribution in [3.63, 3.8) is 0 Å². The molecule has 0 spiro atoms. The number of benzene rings is 2. The van der Waals surface area contributed by atoms with Crippen molar-refractivity contribution in [2.24, 2.45) is 0 Å². The Kier molecular flexibility index (Phi) is 4.90. The lowest BCUT2D eigenvalue weighted by molar-refractivity contribution is 0.866. The lowest BCUT2D eigenvalue weighted by atomic mass is 10.2. The maximum Gasteiger partial charge on any atom is 0.0629 e. The van der Waals surface area contributed by atoms with E-state index in [9.17, 15) is 0 Å². The molecule has 0 aliphatic heterocycles. The van der Waals surface area contributed by atoms with E-state index < -0.39 is 0 Å². The Hall–Kier alpha value is -1.68. The van der Waals surface area contributed by atoms with E-state index in [2.05, 4.69) is 64.3 Å². The molecule has 0 aliphatic rings. The number of nitrogens with zero attached hydrogens (tertiary/aromatic N) is 1. The van der Waals surface area contributed by atoms with Crippen molar-refractivity contribution >= 4 is 38.7 Å². The zero-order valence-electron chi connectivity index (χ0n) is 11.9. The number of anilines is 4. The highest BCUT2D eigenvalue weighted by Crippen LogP contribution is 2.27. The van der Waals surface area contributed by atoms with Crippen LogP contribution in [0.4, 0.5) is 22.7 Å². The van der Waals surface area contributed by atoms with Crippen LogP contribution in [0.15, 0.2) is 46.9 Å². The van der Waals surface area contributed by atoms with Crippen LogP contribution >= 0.6 is 15.9 Å². The van der Waals surface area contributed by atoms with E-state index in [0.29, 0.717) is 0 Å². The SMILES string of the molecule is CCN(CC)c1ccc(Nc2cc(Br)ccc2N)cc1. The van der Waals surface area contributed by atoms with Gasteiger partial charge in [-0.1, -0.05) is 15.9 Å². The summed E-state index contributed by atoms with van der Waals surface area (Å²) in [6.45, 7) is 6.36. The molecule has 0 bridgehead atoms. The number of nitrogen functional groups attached to an aromatic ring is 1. The minimum atomic E-state index is 0.737. The van der Waals surface area contributed by atoms with E-state index in [0.717, 1.165) is 34.6 Å². The summed E-state index contributed by atoms with van der Waals surface area (Å²) in [5, 5.41) is 3.34. The van der Waals surface area contributed by atoms with Crippen LogP contribution in [-0.4, -0.2) is 13.1 Å². The molecular formula is C16H20BrN3. The number of hydrogen-bond acceptors (Lipinski definition) is 3. The van der Waals surface area contributed by atoms with Gasteiger partial charge >= 0.3 is 0 Å². The molecule has 0 aliphatic carbocycles. The lowest BCUT2D eigenvalue weighted by Gasteiger charge is -2.21. The van der Waals surface area contributed by atoms with E-state index >= 15 is 0 Å². The van der Waals surface area contributed by atoms with Gasteiger partial charge in [0.15, 0.2) is 0 Å². The number of rotatable bonds is 5. The highest BCUT2D eigenvalue weighted by molar-refractivity contribution is 9.10. The normalized spacial score (nSPS) is 10.3. The van der Waals surface area contributed by atoms with Gasteiger partial charge in [-0.25, -0.2) is 0 Å². The molecule has 2 aromatic carbocycles. The molecule has 0 fully saturated rings. The third-order valence-corrected chi connectivity index (χ3v) is 3.78. The fourth-order valence-electron chi connectivity index (χ4n) is 2.14. The zero-order valence-corrected chi connectivity index (χ0v) is 13.4. The van der Waals surface area contributed by atoms with E-state index in [1.54, 1.807) is 0 Å². The predicted molar refractivity (Wildman–Crippen MR) is 91.8 cm³/mol. The molecule has 0 radical (unpaired) electrons. The maximum atomic E-state index is 5.97. The average Bonchev–Trinajstić information content (AvgIpc) is 2.46. The molecule has 3 nitrogen and oxygen atoms in total. The summed E-state index contributed by atoms with van der Waals surface area (Å²) in [6.07, 6.45) is 0. The van der Waals surface area contributed by atoms with E-state index in [-0.39, 0.29) is 0 Å². The summed E-state index contributed by atoms with van der Waals surface area (Å²) in [6, 6.07) is 14.2. The van der Waals surface area contributed by atoms with Gasteiger partial charge in [-0.3, -0.25) is 0 Å². The van der Waals surface area contributed by atoms with E-state index in [4.69, 9.17) is 5.73 Å². The molecule has 0 amide bonds. The number of halogens is 1. The molecule has 106 valence electrons. The van der Waals surface area contributed by atoms with Crippen molar-refractivity contribution < 1.29 is 0 Å². The van der Waals surface area contributed by atoms with Crippen molar-refractivity contribution in [2.45, 2.75) is 13.8 Å². The fraction of sp³-hybridized carbons (Fsp3) is 0.250. The number of hydrogen-bond donors (Lipinski definition) is 2. The van der Waals surface area contributed by atoms with Crippen LogP contribution in [-0.2, 0) is 0 Å². The van der Waals surface area contributed by atoms with Crippen LogP contribution in [0.1, 0.15) is 13.8 Å². The summed E-state index contributed by atoms with van der Waals surface area (Å²) >= 11 is 3.46. The number of nitrogens with two attached hydrogens (primary N) is 1. The van der Waals surface area contributed by atoms with Gasteiger partial charge in [-0.2, -0.15) is 0 Å². The Morgan fingerprint density at radius 2 is 1.70 bits per heavy atom. The van der Waals surface area contributed by atoms with Crippen molar-refractivity contribution in [1.29, 1.82) is 0 Å². The summed E-state index contributed by atoms with van der Waals surface area (Å²) in [4.78, 5) is 2.32. The fourth-order valence-corrected chi connectivity index (χ4v) is 2.50. The third kappa shape index (κ3) is 3.45. The van der Waals surface area contributed by atoms with Gasteiger partial charge in [-0.05, 0) is 56.3 Å². The van der Waals surface area contributed by atoms with Crippen molar-refractivity contribution in [2.75, 3.05) is 29.0 Å². The van der Waals surface area contributed by atoms with Crippen LogP contribution in [0.5, 0.6) is 0 Å². The second-order valence-electron chi connectivity index (χ2n) is 4.58. The molecular weight excluding hydrogens is 314 g/mol. The third-order valence-electron chi connectivity index (χ3n) is 3.29. The average molecular weight is 334 g/mol. The molecule has 0 atom stereocenters. The minimum absolute atomic E-state index is 0.737. The molecule has 4 heteroatoms. The highest BCUT2D eigenvalue weighted by Gasteiger charge is 2.03. The molecule has 2 rings (SSSR count). The van der Waals surface area contributed by atoms with Gasteiger partial charge in [0.1, 0.15) is 0 Å². The second kappa shape index (κ2) is 6.66. The van der Waals surface area contributed by atoms with Gasteiger partial charge in [0.2, 0.25) is 0 Å². The lowest BCUT2D eigenvalue weighted by Crippen LogP contribution is -2.21. The molecule has 0 aromatic heterocycles. The molecule has 0 saturated carbocycles. The first-order valence-corrected chi connectivity index (χ1v) is 7.60. The topological polar surface area (TPSA) is 41.3 Å². The van der Waals surface area contributed by atoms with Gasteiger partial charge in [0.05, 0.1) is 11.4 Å². The van der Waals surface area contributed by atoms with Crippen molar-refractivity contribution in [1.82, 2.24) is 0 Å². The Morgan fingerprint density at radius 1 is 1.05 bits per heavy atom. The molecule has 0 saturated heterocycles. The Labute approximate surface area is 128 Å². The van der Waals surface area contributed by atoms with Crippen LogP contribution < -0.4 is 16.0 Å². The van der Waals surface area contributed by atoms with Crippen LogP contribution in [0.3, 0.4) is 0 Å². The highest BCUT2D eigenvalue weighted by atomic mass is 79.9. The van der Waals surface area contributed by atoms with Crippen molar-refractivity contribution in [3.8, 4) is 0 Å². The van der Waals surface area contributed by atoms with Gasteiger partial charge in [0.25, 0.3) is 0 Å². The molecule has 20 heavy (non-hydrogen) atoms.